The van der Waals surface area contributed by atoms with Gasteiger partial charge in [-0.2, -0.15) is 46.7 Å². The first kappa shape index (κ1) is 41.9. The Kier molecular flexibility index (Phi) is 12.5. The van der Waals surface area contributed by atoms with Gasteiger partial charge in [0.05, 0.1) is 26.4 Å². The number of ether oxygens (including phenoxy) is 2. The smallest absolute Gasteiger partial charge is 0.295 e. The molecule has 20 nitrogen and oxygen atoms in total. The fraction of sp³-hybridized carbons (Fsp3) is 0.200. The molecule has 6 N–H and O–H groups in total. The third-order valence-corrected chi connectivity index (χ3v) is 11.3. The molecule has 0 atom stereocenters. The van der Waals surface area contributed by atoms with Crippen molar-refractivity contribution in [3.63, 3.8) is 0 Å². The zero-order valence-corrected chi connectivity index (χ0v) is 34.4. The highest BCUT2D eigenvalue weighted by Crippen LogP contribution is 2.29. The predicted octanol–water partition coefficient (Wildman–Crippen LogP) is 5.37. The van der Waals surface area contributed by atoms with Crippen LogP contribution in [0.15, 0.2) is 107 Å². The van der Waals surface area contributed by atoms with Gasteiger partial charge < -0.3 is 40.5 Å². The first-order chi connectivity index (χ1) is 29.9. The second-order valence-corrected chi connectivity index (χ2v) is 16.6. The van der Waals surface area contributed by atoms with E-state index in [1.165, 1.54) is 48.6 Å². The number of benzene rings is 4. The topological polar surface area (TPSA) is 259 Å². The van der Waals surface area contributed by atoms with E-state index in [2.05, 4.69) is 51.2 Å². The summed E-state index contributed by atoms with van der Waals surface area (Å²) in [4.78, 5) is 30.1. The van der Waals surface area contributed by atoms with Gasteiger partial charge in [-0.25, -0.2) is 0 Å². The summed E-state index contributed by atoms with van der Waals surface area (Å²) in [5.74, 6) is 1.38. The lowest BCUT2D eigenvalue weighted by molar-refractivity contribution is 0.122. The van der Waals surface area contributed by atoms with E-state index in [0.29, 0.717) is 64.5 Å². The minimum absolute atomic E-state index is 0.0110. The maximum Gasteiger partial charge on any atom is 0.295 e. The summed E-state index contributed by atoms with van der Waals surface area (Å²) in [6, 6.07) is 26.8. The van der Waals surface area contributed by atoms with Crippen molar-refractivity contribution >= 4 is 90.8 Å². The van der Waals surface area contributed by atoms with Crippen LogP contribution in [0.2, 0.25) is 0 Å². The lowest BCUT2D eigenvalue weighted by atomic mass is 10.1. The molecule has 6 aromatic rings. The molecule has 0 spiro atoms. The van der Waals surface area contributed by atoms with Crippen molar-refractivity contribution in [1.29, 1.82) is 0 Å². The quantitative estimate of drug-likeness (QED) is 0.0594. The first-order valence-electron chi connectivity index (χ1n) is 19.2. The van der Waals surface area contributed by atoms with E-state index in [0.717, 1.165) is 11.4 Å². The highest BCUT2D eigenvalue weighted by molar-refractivity contribution is 7.86. The number of nitrogens with zero attached hydrogens (tertiary/aromatic N) is 8. The highest BCUT2D eigenvalue weighted by Gasteiger charge is 2.22. The molecule has 2 aliphatic rings. The van der Waals surface area contributed by atoms with Gasteiger partial charge in [0.25, 0.3) is 20.2 Å². The van der Waals surface area contributed by atoms with Crippen LogP contribution < -0.4 is 31.1 Å². The Morgan fingerprint density at radius 1 is 0.468 bits per heavy atom. The molecule has 4 aromatic carbocycles. The van der Waals surface area contributed by atoms with Crippen LogP contribution in [0.5, 0.6) is 0 Å². The number of para-hydroxylation sites is 2. The van der Waals surface area contributed by atoms with Gasteiger partial charge in [-0.3, -0.25) is 9.11 Å². The summed E-state index contributed by atoms with van der Waals surface area (Å²) in [7, 11) is -9.67. The zero-order chi connectivity index (χ0) is 43.1. The summed E-state index contributed by atoms with van der Waals surface area (Å²) in [6.07, 6.45) is 2.60. The molecule has 0 saturated carbocycles. The Morgan fingerprint density at radius 3 is 1.15 bits per heavy atom. The second kappa shape index (κ2) is 18.4. The van der Waals surface area contributed by atoms with Crippen molar-refractivity contribution in [2.45, 2.75) is 9.79 Å². The van der Waals surface area contributed by atoms with Crippen molar-refractivity contribution < 1.29 is 35.4 Å². The summed E-state index contributed by atoms with van der Waals surface area (Å²) < 4.78 is 82.5. The van der Waals surface area contributed by atoms with E-state index in [1.807, 2.05) is 70.5 Å². The maximum absolute atomic E-state index is 12.7. The molecule has 0 radical (unpaired) electrons. The molecule has 2 fully saturated rings. The normalized spacial score (nSPS) is 14.7. The fourth-order valence-electron chi connectivity index (χ4n) is 6.45. The molecule has 4 heterocycles. The van der Waals surface area contributed by atoms with Crippen molar-refractivity contribution in [1.82, 2.24) is 29.9 Å². The van der Waals surface area contributed by atoms with E-state index < -0.39 is 30.0 Å². The van der Waals surface area contributed by atoms with Crippen molar-refractivity contribution in [3.05, 3.63) is 108 Å². The molecular weight excluding hydrogens is 841 g/mol. The molecule has 8 rings (SSSR count). The molecule has 2 aromatic heterocycles. The number of rotatable bonds is 14. The van der Waals surface area contributed by atoms with E-state index in [4.69, 9.17) is 9.47 Å². The highest BCUT2D eigenvalue weighted by atomic mass is 32.2. The number of hydrogen-bond acceptors (Lipinski definition) is 18. The summed E-state index contributed by atoms with van der Waals surface area (Å²) in [5, 5.41) is 12.3. The minimum Gasteiger partial charge on any atom is -0.378 e. The minimum atomic E-state index is -4.83. The van der Waals surface area contributed by atoms with Gasteiger partial charge in [0.2, 0.25) is 35.7 Å². The third kappa shape index (κ3) is 10.7. The van der Waals surface area contributed by atoms with E-state index in [9.17, 15) is 25.9 Å². The average molecular weight is 881 g/mol. The average Bonchev–Trinajstić information content (AvgIpc) is 3.27. The molecule has 0 amide bonds. The van der Waals surface area contributed by atoms with Crippen LogP contribution in [-0.4, -0.2) is 108 Å². The Balaban J connectivity index is 1.06. The Bertz CT molecular complexity index is 2600. The molecule has 0 bridgehead atoms. The SMILES string of the molecule is O=S(=O)(O)c1cc(Nc2nc(Nc3ccccc3)nc(N3CCOCC3)n2)ccc1C=Cc1ccc(Nc2nc(Nc3ccccc3)nc(N3CCOCC3)n2)cc1S(=O)(=O)O. The largest absolute Gasteiger partial charge is 0.378 e. The number of aromatic nitrogens is 6. The van der Waals surface area contributed by atoms with Gasteiger partial charge in [0, 0.05) is 48.9 Å². The van der Waals surface area contributed by atoms with Gasteiger partial charge in [0.15, 0.2) is 0 Å². The molecule has 320 valence electrons. The number of nitrogens with one attached hydrogen (secondary N) is 4. The molecule has 2 aliphatic heterocycles. The molecular formula is C40H40N12O8S2. The standard InChI is InChI=1S/C40H40N12O8S2/c53-61(54,55)33-25-31(43-37-45-35(41-29-7-3-1-4-8-29)47-39(49-37)51-17-21-59-22-18-51)15-13-27(33)11-12-28-14-16-32(26-34(28)62(56,57)58)44-38-46-36(42-30-9-5-2-6-10-30)48-40(50-38)52-19-23-60-24-20-52/h1-16,25-26H,17-24H2,(H,53,54,55)(H,56,57,58)(H2,41,43,45,47,49)(H2,42,44,46,48,50). The monoisotopic (exact) mass is 880 g/mol. The van der Waals surface area contributed by atoms with Crippen LogP contribution in [0.4, 0.5) is 58.4 Å². The summed E-state index contributed by atoms with van der Waals surface area (Å²) >= 11 is 0. The molecule has 62 heavy (non-hydrogen) atoms. The van der Waals surface area contributed by atoms with Crippen molar-refractivity contribution in [3.8, 4) is 0 Å². The second-order valence-electron chi connectivity index (χ2n) is 13.8. The van der Waals surface area contributed by atoms with Crippen LogP contribution in [0.3, 0.4) is 0 Å². The zero-order valence-electron chi connectivity index (χ0n) is 32.8. The molecule has 0 unspecified atom stereocenters. The van der Waals surface area contributed by atoms with Crippen LogP contribution in [0.25, 0.3) is 12.2 Å². The Hall–Kier alpha value is -6.82. The van der Waals surface area contributed by atoms with Gasteiger partial charge in [-0.15, -0.1) is 0 Å². The predicted molar refractivity (Wildman–Crippen MR) is 233 cm³/mol. The van der Waals surface area contributed by atoms with Gasteiger partial charge in [0.1, 0.15) is 9.79 Å². The lowest BCUT2D eigenvalue weighted by Gasteiger charge is -2.27. The number of morpholine rings is 2. The van der Waals surface area contributed by atoms with Crippen LogP contribution in [0, 0.1) is 0 Å². The maximum atomic E-state index is 12.7. The fourth-order valence-corrected chi connectivity index (χ4v) is 7.87. The Morgan fingerprint density at radius 2 is 0.806 bits per heavy atom. The van der Waals surface area contributed by atoms with E-state index in [1.54, 1.807) is 0 Å². The van der Waals surface area contributed by atoms with Crippen LogP contribution >= 0.6 is 0 Å². The van der Waals surface area contributed by atoms with Crippen LogP contribution in [0.1, 0.15) is 11.1 Å². The Labute approximate surface area is 356 Å². The molecule has 22 heteroatoms. The van der Waals surface area contributed by atoms with E-state index in [-0.39, 0.29) is 46.3 Å². The van der Waals surface area contributed by atoms with Crippen molar-refractivity contribution in [2.75, 3.05) is 83.7 Å². The van der Waals surface area contributed by atoms with Gasteiger partial charge in [-0.1, -0.05) is 60.7 Å². The lowest BCUT2D eigenvalue weighted by Crippen LogP contribution is -2.37. The third-order valence-electron chi connectivity index (χ3n) is 9.43. The van der Waals surface area contributed by atoms with Gasteiger partial charge >= 0.3 is 0 Å². The summed E-state index contributed by atoms with van der Waals surface area (Å²) in [6.45, 7) is 4.13. The number of anilines is 10. The molecule has 0 aliphatic carbocycles. The van der Waals surface area contributed by atoms with Crippen molar-refractivity contribution in [2.24, 2.45) is 0 Å². The molecule has 2 saturated heterocycles. The van der Waals surface area contributed by atoms with E-state index >= 15 is 0 Å². The first-order valence-corrected chi connectivity index (χ1v) is 22.1. The van der Waals surface area contributed by atoms with Crippen LogP contribution in [-0.2, 0) is 29.7 Å². The number of hydrogen-bond donors (Lipinski definition) is 6. The summed E-state index contributed by atoms with van der Waals surface area (Å²) in [5.41, 5.74) is 1.92. The van der Waals surface area contributed by atoms with Gasteiger partial charge in [-0.05, 0) is 59.7 Å².